The van der Waals surface area contributed by atoms with Crippen LogP contribution in [0.15, 0.2) is 60.8 Å². The van der Waals surface area contributed by atoms with Gasteiger partial charge in [0.05, 0.1) is 11.3 Å². The van der Waals surface area contributed by atoms with Gasteiger partial charge in [-0.25, -0.2) is 9.97 Å². The van der Waals surface area contributed by atoms with Gasteiger partial charge in [0.2, 0.25) is 5.95 Å². The Kier molecular flexibility index (Phi) is 5.42. The molecule has 2 N–H and O–H groups in total. The Hall–Kier alpha value is -3.43. The summed E-state index contributed by atoms with van der Waals surface area (Å²) in [6.45, 7) is 0.294. The highest BCUT2D eigenvalue weighted by atomic mass is 35.5. The number of para-hydroxylation sites is 1. The van der Waals surface area contributed by atoms with Gasteiger partial charge in [-0.3, -0.25) is 4.79 Å². The highest BCUT2D eigenvalue weighted by molar-refractivity contribution is 6.31. The van der Waals surface area contributed by atoms with Crippen molar-refractivity contribution in [3.05, 3.63) is 82.6 Å². The van der Waals surface area contributed by atoms with Gasteiger partial charge in [-0.1, -0.05) is 41.9 Å². The number of rotatable bonds is 5. The quantitative estimate of drug-likeness (QED) is 0.721. The first-order valence-corrected chi connectivity index (χ1v) is 8.16. The first kappa shape index (κ1) is 17.4. The number of nitrogens with one attached hydrogen (secondary N) is 2. The topological polar surface area (TPSA) is 90.7 Å². The van der Waals surface area contributed by atoms with Gasteiger partial charge in [-0.05, 0) is 29.8 Å². The van der Waals surface area contributed by atoms with Crippen molar-refractivity contribution >= 4 is 29.1 Å². The van der Waals surface area contributed by atoms with E-state index in [0.29, 0.717) is 22.8 Å². The Labute approximate surface area is 155 Å². The van der Waals surface area contributed by atoms with E-state index in [1.807, 2.05) is 18.2 Å². The monoisotopic (exact) mass is 363 g/mol. The number of anilines is 2. The van der Waals surface area contributed by atoms with Gasteiger partial charge in [0, 0.05) is 17.8 Å². The van der Waals surface area contributed by atoms with E-state index in [4.69, 9.17) is 16.9 Å². The molecule has 26 heavy (non-hydrogen) atoms. The Morgan fingerprint density at radius 1 is 1.12 bits per heavy atom. The fourth-order valence-corrected chi connectivity index (χ4v) is 2.47. The molecule has 0 bridgehead atoms. The number of hydrogen-bond acceptors (Lipinski definition) is 5. The molecule has 0 aliphatic carbocycles. The summed E-state index contributed by atoms with van der Waals surface area (Å²) in [6, 6.07) is 17.9. The molecule has 0 spiro atoms. The lowest BCUT2D eigenvalue weighted by molar-refractivity contribution is 0.0946. The number of amides is 1. The SMILES string of the molecule is N#Cc1ccccc1Nc1nccc(C(=O)NCc2ccccc2Cl)n1. The average Bonchev–Trinajstić information content (AvgIpc) is 2.68. The lowest BCUT2D eigenvalue weighted by Gasteiger charge is -2.09. The van der Waals surface area contributed by atoms with E-state index in [9.17, 15) is 4.79 Å². The standard InChI is InChI=1S/C19H14ClN5O/c20-15-7-3-1-6-14(15)12-23-18(26)17-9-10-22-19(25-17)24-16-8-4-2-5-13(16)11-21/h1-10H,12H2,(H,23,26)(H,22,24,25). The van der Waals surface area contributed by atoms with Gasteiger partial charge >= 0.3 is 0 Å². The molecule has 1 heterocycles. The van der Waals surface area contributed by atoms with Crippen molar-refractivity contribution in [3.8, 4) is 6.07 Å². The molecule has 128 valence electrons. The number of halogens is 1. The molecular formula is C19H14ClN5O. The first-order valence-electron chi connectivity index (χ1n) is 7.78. The normalized spacial score (nSPS) is 10.0. The van der Waals surface area contributed by atoms with Crippen LogP contribution >= 0.6 is 11.6 Å². The molecule has 1 aromatic heterocycles. The maximum atomic E-state index is 12.3. The minimum Gasteiger partial charge on any atom is -0.347 e. The van der Waals surface area contributed by atoms with Crippen LogP contribution in [0.1, 0.15) is 21.6 Å². The molecule has 2 aromatic carbocycles. The lowest BCUT2D eigenvalue weighted by atomic mass is 10.2. The van der Waals surface area contributed by atoms with Crippen LogP contribution in [-0.4, -0.2) is 15.9 Å². The molecule has 0 aliphatic heterocycles. The number of aromatic nitrogens is 2. The maximum Gasteiger partial charge on any atom is 0.270 e. The third-order valence-corrected chi connectivity index (χ3v) is 3.95. The van der Waals surface area contributed by atoms with Crippen LogP contribution in [-0.2, 0) is 6.54 Å². The van der Waals surface area contributed by atoms with Gasteiger partial charge in [-0.15, -0.1) is 0 Å². The summed E-state index contributed by atoms with van der Waals surface area (Å²) in [5.74, 6) is -0.109. The number of nitriles is 1. The van der Waals surface area contributed by atoms with Crippen molar-refractivity contribution in [1.29, 1.82) is 5.26 Å². The van der Waals surface area contributed by atoms with E-state index < -0.39 is 0 Å². The summed E-state index contributed by atoms with van der Waals surface area (Å²) in [7, 11) is 0. The van der Waals surface area contributed by atoms with Crippen molar-refractivity contribution in [2.45, 2.75) is 6.54 Å². The summed E-state index contributed by atoms with van der Waals surface area (Å²) >= 11 is 6.08. The predicted octanol–water partition coefficient (Wildman–Crippen LogP) is 3.68. The largest absolute Gasteiger partial charge is 0.347 e. The van der Waals surface area contributed by atoms with Gasteiger partial charge in [0.15, 0.2) is 0 Å². The zero-order chi connectivity index (χ0) is 18.4. The fourth-order valence-electron chi connectivity index (χ4n) is 2.26. The summed E-state index contributed by atoms with van der Waals surface area (Å²) < 4.78 is 0. The molecule has 0 saturated heterocycles. The van der Waals surface area contributed by atoms with Crippen molar-refractivity contribution in [2.24, 2.45) is 0 Å². The average molecular weight is 364 g/mol. The molecule has 0 saturated carbocycles. The van der Waals surface area contributed by atoms with Gasteiger partial charge in [0.1, 0.15) is 11.8 Å². The van der Waals surface area contributed by atoms with E-state index in [-0.39, 0.29) is 17.5 Å². The number of carbonyl (C=O) groups excluding carboxylic acids is 1. The van der Waals surface area contributed by atoms with E-state index in [1.165, 1.54) is 12.3 Å². The minimum absolute atomic E-state index is 0.212. The third-order valence-electron chi connectivity index (χ3n) is 3.58. The highest BCUT2D eigenvalue weighted by Gasteiger charge is 2.10. The Morgan fingerprint density at radius 2 is 1.88 bits per heavy atom. The molecule has 0 unspecified atom stereocenters. The third kappa shape index (κ3) is 4.15. The zero-order valence-electron chi connectivity index (χ0n) is 13.6. The molecule has 1 amide bonds. The van der Waals surface area contributed by atoms with Crippen molar-refractivity contribution < 1.29 is 4.79 Å². The second-order valence-electron chi connectivity index (χ2n) is 5.32. The molecule has 3 aromatic rings. The predicted molar refractivity (Wildman–Crippen MR) is 99.1 cm³/mol. The van der Waals surface area contributed by atoms with Gasteiger partial charge in [-0.2, -0.15) is 5.26 Å². The Bertz CT molecular complexity index is 983. The fraction of sp³-hybridized carbons (Fsp3) is 0.0526. The van der Waals surface area contributed by atoms with Crippen LogP contribution in [0.4, 0.5) is 11.6 Å². The van der Waals surface area contributed by atoms with Crippen LogP contribution in [0.2, 0.25) is 5.02 Å². The van der Waals surface area contributed by atoms with E-state index in [1.54, 1.807) is 30.3 Å². The zero-order valence-corrected chi connectivity index (χ0v) is 14.4. The number of benzene rings is 2. The molecule has 0 radical (unpaired) electrons. The Morgan fingerprint density at radius 3 is 2.69 bits per heavy atom. The summed E-state index contributed by atoms with van der Waals surface area (Å²) in [6.07, 6.45) is 1.48. The molecule has 0 aliphatic rings. The lowest BCUT2D eigenvalue weighted by Crippen LogP contribution is -2.24. The smallest absolute Gasteiger partial charge is 0.270 e. The number of carbonyl (C=O) groups is 1. The second-order valence-corrected chi connectivity index (χ2v) is 5.73. The molecule has 3 rings (SSSR count). The van der Waals surface area contributed by atoms with Crippen LogP contribution < -0.4 is 10.6 Å². The van der Waals surface area contributed by atoms with Crippen LogP contribution in [0.5, 0.6) is 0 Å². The first-order chi connectivity index (χ1) is 12.7. The summed E-state index contributed by atoms with van der Waals surface area (Å²) in [5.41, 5.74) is 2.06. The minimum atomic E-state index is -0.344. The van der Waals surface area contributed by atoms with Crippen molar-refractivity contribution in [3.63, 3.8) is 0 Å². The van der Waals surface area contributed by atoms with E-state index >= 15 is 0 Å². The second kappa shape index (κ2) is 8.10. The van der Waals surface area contributed by atoms with Crippen molar-refractivity contribution in [1.82, 2.24) is 15.3 Å². The van der Waals surface area contributed by atoms with Gasteiger partial charge < -0.3 is 10.6 Å². The van der Waals surface area contributed by atoms with Crippen LogP contribution in [0, 0.1) is 11.3 Å². The molecule has 0 atom stereocenters. The van der Waals surface area contributed by atoms with Gasteiger partial charge in [0.25, 0.3) is 5.91 Å². The van der Waals surface area contributed by atoms with Crippen LogP contribution in [0.25, 0.3) is 0 Å². The van der Waals surface area contributed by atoms with Crippen molar-refractivity contribution in [2.75, 3.05) is 5.32 Å². The van der Waals surface area contributed by atoms with E-state index in [0.717, 1.165) is 5.56 Å². The molecular weight excluding hydrogens is 350 g/mol. The maximum absolute atomic E-state index is 12.3. The molecule has 7 heteroatoms. The number of hydrogen-bond donors (Lipinski definition) is 2. The Balaban J connectivity index is 1.71. The van der Waals surface area contributed by atoms with Crippen LogP contribution in [0.3, 0.4) is 0 Å². The molecule has 0 fully saturated rings. The summed E-state index contributed by atoms with van der Waals surface area (Å²) in [5, 5.41) is 15.5. The molecule has 6 nitrogen and oxygen atoms in total. The summed E-state index contributed by atoms with van der Waals surface area (Å²) in [4.78, 5) is 20.6. The number of nitrogens with zero attached hydrogens (tertiary/aromatic N) is 3. The van der Waals surface area contributed by atoms with E-state index in [2.05, 4.69) is 26.7 Å². The highest BCUT2D eigenvalue weighted by Crippen LogP contribution is 2.18.